The molecular formula is C12H12FN5O. The van der Waals surface area contributed by atoms with Gasteiger partial charge in [0.05, 0.1) is 12.2 Å². The summed E-state index contributed by atoms with van der Waals surface area (Å²) in [5.74, 6) is 5.70. The van der Waals surface area contributed by atoms with Gasteiger partial charge < -0.3 is 10.1 Å². The number of aromatic nitrogens is 2. The second-order valence-corrected chi connectivity index (χ2v) is 4.08. The van der Waals surface area contributed by atoms with Crippen LogP contribution < -0.4 is 21.3 Å². The van der Waals surface area contributed by atoms with Gasteiger partial charge in [-0.25, -0.2) is 15.2 Å². The third-order valence-electron chi connectivity index (χ3n) is 2.88. The molecule has 6 nitrogen and oxygen atoms in total. The quantitative estimate of drug-likeness (QED) is 0.572. The summed E-state index contributed by atoms with van der Waals surface area (Å²) >= 11 is 0. The van der Waals surface area contributed by atoms with Crippen LogP contribution in [0.15, 0.2) is 30.5 Å². The van der Waals surface area contributed by atoms with Gasteiger partial charge in [-0.05, 0) is 6.07 Å². The van der Waals surface area contributed by atoms with E-state index in [2.05, 4.69) is 20.7 Å². The largest absolute Gasteiger partial charge is 0.491 e. The number of para-hydroxylation sites is 1. The molecule has 19 heavy (non-hydrogen) atoms. The molecule has 7 heteroatoms. The lowest BCUT2D eigenvalue weighted by molar-refractivity contribution is 0.339. The molecule has 1 atom stereocenters. The monoisotopic (exact) mass is 261 g/mol. The van der Waals surface area contributed by atoms with E-state index < -0.39 is 5.82 Å². The van der Waals surface area contributed by atoms with Gasteiger partial charge in [0, 0.05) is 5.56 Å². The summed E-state index contributed by atoms with van der Waals surface area (Å²) in [5, 5.41) is 2.99. The number of fused-ring (bicyclic) bond motifs is 1. The lowest BCUT2D eigenvalue weighted by Gasteiger charge is -2.13. The lowest BCUT2D eigenvalue weighted by atomic mass is 10.1. The van der Waals surface area contributed by atoms with Crippen LogP contribution in [0.25, 0.3) is 0 Å². The van der Waals surface area contributed by atoms with Crippen LogP contribution in [0.3, 0.4) is 0 Å². The van der Waals surface area contributed by atoms with Crippen LogP contribution in [0.2, 0.25) is 0 Å². The standard InChI is InChI=1S/C12H12FN5O/c13-8-5-15-12(18-14)17-11(8)16-9-6-19-10-4-2-1-3-7(9)10/h1-5,9H,6,14H2,(H2,15,16,17,18). The number of rotatable bonds is 3. The molecule has 1 aromatic carbocycles. The molecule has 2 heterocycles. The van der Waals surface area contributed by atoms with Gasteiger partial charge in [0.2, 0.25) is 5.95 Å². The van der Waals surface area contributed by atoms with Crippen molar-refractivity contribution in [2.24, 2.45) is 5.84 Å². The Hall–Kier alpha value is -2.41. The summed E-state index contributed by atoms with van der Waals surface area (Å²) in [6, 6.07) is 7.46. The number of hydrogen-bond donors (Lipinski definition) is 3. The maximum atomic E-state index is 13.6. The zero-order chi connectivity index (χ0) is 13.2. The van der Waals surface area contributed by atoms with Gasteiger partial charge in [0.15, 0.2) is 11.6 Å². The fourth-order valence-corrected chi connectivity index (χ4v) is 1.99. The van der Waals surface area contributed by atoms with Crippen molar-refractivity contribution >= 4 is 11.8 Å². The first-order valence-electron chi connectivity index (χ1n) is 5.75. The maximum absolute atomic E-state index is 13.6. The molecule has 1 aliphatic heterocycles. The van der Waals surface area contributed by atoms with Gasteiger partial charge in [-0.15, -0.1) is 0 Å². The first-order chi connectivity index (χ1) is 9.28. The SMILES string of the molecule is NNc1ncc(F)c(NC2COc3ccccc32)n1. The van der Waals surface area contributed by atoms with E-state index in [-0.39, 0.29) is 17.8 Å². The Balaban J connectivity index is 1.87. The van der Waals surface area contributed by atoms with Gasteiger partial charge in [-0.3, -0.25) is 5.43 Å². The van der Waals surface area contributed by atoms with Gasteiger partial charge in [0.1, 0.15) is 12.4 Å². The van der Waals surface area contributed by atoms with Crippen molar-refractivity contribution in [1.29, 1.82) is 0 Å². The minimum absolute atomic E-state index is 0.0910. The average Bonchev–Trinajstić information content (AvgIpc) is 2.85. The molecule has 0 saturated heterocycles. The summed E-state index contributed by atoms with van der Waals surface area (Å²) in [6.07, 6.45) is 1.06. The highest BCUT2D eigenvalue weighted by atomic mass is 19.1. The van der Waals surface area contributed by atoms with E-state index in [1.54, 1.807) is 0 Å². The molecule has 0 saturated carbocycles. The summed E-state index contributed by atoms with van der Waals surface area (Å²) in [6.45, 7) is 0.425. The highest BCUT2D eigenvalue weighted by Crippen LogP contribution is 2.34. The van der Waals surface area contributed by atoms with Gasteiger partial charge >= 0.3 is 0 Å². The molecule has 98 valence electrons. The van der Waals surface area contributed by atoms with Crippen molar-refractivity contribution in [2.75, 3.05) is 17.3 Å². The third-order valence-corrected chi connectivity index (χ3v) is 2.88. The average molecular weight is 261 g/mol. The van der Waals surface area contributed by atoms with E-state index >= 15 is 0 Å². The van der Waals surface area contributed by atoms with E-state index in [9.17, 15) is 4.39 Å². The molecular weight excluding hydrogens is 249 g/mol. The van der Waals surface area contributed by atoms with E-state index in [0.717, 1.165) is 17.5 Å². The molecule has 2 aromatic rings. The first kappa shape index (κ1) is 11.7. The third kappa shape index (κ3) is 2.15. The second-order valence-electron chi connectivity index (χ2n) is 4.08. The topological polar surface area (TPSA) is 85.1 Å². The molecule has 4 N–H and O–H groups in total. The van der Waals surface area contributed by atoms with Gasteiger partial charge in [0.25, 0.3) is 0 Å². The highest BCUT2D eigenvalue weighted by molar-refractivity contribution is 5.48. The number of halogens is 1. The van der Waals surface area contributed by atoms with Crippen molar-refractivity contribution in [3.05, 3.63) is 41.8 Å². The molecule has 0 radical (unpaired) electrons. The molecule has 0 fully saturated rings. The summed E-state index contributed by atoms with van der Waals surface area (Å²) in [5.41, 5.74) is 3.25. The van der Waals surface area contributed by atoms with E-state index in [1.165, 1.54) is 0 Å². The maximum Gasteiger partial charge on any atom is 0.239 e. The number of benzene rings is 1. The molecule has 0 bridgehead atoms. The van der Waals surface area contributed by atoms with Gasteiger partial charge in [-0.1, -0.05) is 18.2 Å². The Morgan fingerprint density at radius 2 is 2.21 bits per heavy atom. The number of nitrogen functional groups attached to an aromatic ring is 1. The van der Waals surface area contributed by atoms with Crippen LogP contribution >= 0.6 is 0 Å². The number of nitrogens with zero attached hydrogens (tertiary/aromatic N) is 2. The molecule has 0 aliphatic carbocycles. The van der Waals surface area contributed by atoms with Crippen LogP contribution in [0.5, 0.6) is 5.75 Å². The Kier molecular flexibility index (Phi) is 2.88. The van der Waals surface area contributed by atoms with Crippen molar-refractivity contribution in [1.82, 2.24) is 9.97 Å². The Bertz CT molecular complexity index is 606. The van der Waals surface area contributed by atoms with Crippen LogP contribution in [0, 0.1) is 5.82 Å². The normalized spacial score (nSPS) is 16.6. The van der Waals surface area contributed by atoms with Crippen molar-refractivity contribution in [3.63, 3.8) is 0 Å². The highest BCUT2D eigenvalue weighted by Gasteiger charge is 2.24. The zero-order valence-electron chi connectivity index (χ0n) is 9.93. The van der Waals surface area contributed by atoms with Crippen LogP contribution in [0.4, 0.5) is 16.2 Å². The van der Waals surface area contributed by atoms with Gasteiger partial charge in [-0.2, -0.15) is 4.98 Å². The second kappa shape index (κ2) is 4.69. The van der Waals surface area contributed by atoms with Crippen LogP contribution in [-0.2, 0) is 0 Å². The van der Waals surface area contributed by atoms with Crippen molar-refractivity contribution < 1.29 is 9.13 Å². The number of nitrogens with one attached hydrogen (secondary N) is 2. The predicted octanol–water partition coefficient (Wildman–Crippen LogP) is 1.45. The fraction of sp³-hybridized carbons (Fsp3) is 0.167. The Morgan fingerprint density at radius 1 is 1.37 bits per heavy atom. The first-order valence-corrected chi connectivity index (χ1v) is 5.75. The number of ether oxygens (including phenoxy) is 1. The number of nitrogens with two attached hydrogens (primary N) is 1. The van der Waals surface area contributed by atoms with Crippen molar-refractivity contribution in [3.8, 4) is 5.75 Å². The van der Waals surface area contributed by atoms with E-state index in [0.29, 0.717) is 6.61 Å². The minimum Gasteiger partial charge on any atom is -0.491 e. The molecule has 0 amide bonds. The summed E-state index contributed by atoms with van der Waals surface area (Å²) < 4.78 is 19.1. The smallest absolute Gasteiger partial charge is 0.239 e. The summed E-state index contributed by atoms with van der Waals surface area (Å²) in [7, 11) is 0. The van der Waals surface area contributed by atoms with E-state index in [4.69, 9.17) is 10.6 Å². The molecule has 0 spiro atoms. The lowest BCUT2D eigenvalue weighted by Crippen LogP contribution is -2.16. The van der Waals surface area contributed by atoms with Crippen LogP contribution in [-0.4, -0.2) is 16.6 Å². The molecule has 1 unspecified atom stereocenters. The molecule has 1 aliphatic rings. The molecule has 1 aromatic heterocycles. The Morgan fingerprint density at radius 3 is 3.05 bits per heavy atom. The zero-order valence-corrected chi connectivity index (χ0v) is 9.93. The Labute approximate surface area is 108 Å². The number of anilines is 2. The number of hydrazine groups is 1. The number of hydrogen-bond acceptors (Lipinski definition) is 6. The predicted molar refractivity (Wildman–Crippen MR) is 68.1 cm³/mol. The summed E-state index contributed by atoms with van der Waals surface area (Å²) in [4.78, 5) is 7.62. The van der Waals surface area contributed by atoms with E-state index in [1.807, 2.05) is 24.3 Å². The minimum atomic E-state index is -0.539. The van der Waals surface area contributed by atoms with Crippen molar-refractivity contribution in [2.45, 2.75) is 6.04 Å². The molecule has 3 rings (SSSR count). The fourth-order valence-electron chi connectivity index (χ4n) is 1.99. The van der Waals surface area contributed by atoms with Crippen LogP contribution in [0.1, 0.15) is 11.6 Å².